The third kappa shape index (κ3) is 9.39. The molecule has 33 heavy (non-hydrogen) atoms. The molecule has 178 valence electrons. The van der Waals surface area contributed by atoms with Crippen LogP contribution >= 0.6 is 28.1 Å². The summed E-state index contributed by atoms with van der Waals surface area (Å²) in [7, 11) is 0. The van der Waals surface area contributed by atoms with Crippen LogP contribution in [-0.4, -0.2) is 30.1 Å². The predicted molar refractivity (Wildman–Crippen MR) is 137 cm³/mol. The van der Waals surface area contributed by atoms with Crippen LogP contribution < -0.4 is 25.6 Å². The molecule has 3 N–H and O–H groups in total. The summed E-state index contributed by atoms with van der Waals surface area (Å²) >= 11 is 8.52. The van der Waals surface area contributed by atoms with Crippen LogP contribution in [0.4, 0.5) is 0 Å². The van der Waals surface area contributed by atoms with E-state index in [1.54, 1.807) is 42.5 Å². The Kier molecular flexibility index (Phi) is 10.6. The number of ether oxygens (including phenoxy) is 2. The molecule has 0 saturated carbocycles. The zero-order valence-electron chi connectivity index (χ0n) is 19.2. The Labute approximate surface area is 208 Å². The van der Waals surface area contributed by atoms with Gasteiger partial charge in [-0.2, -0.15) is 0 Å². The van der Waals surface area contributed by atoms with E-state index in [0.29, 0.717) is 47.7 Å². The van der Waals surface area contributed by atoms with Gasteiger partial charge in [-0.25, -0.2) is 0 Å². The first-order chi connectivity index (χ1) is 15.7. The van der Waals surface area contributed by atoms with E-state index < -0.39 is 11.8 Å². The van der Waals surface area contributed by atoms with Crippen molar-refractivity contribution in [1.82, 2.24) is 16.2 Å². The zero-order valence-corrected chi connectivity index (χ0v) is 21.6. The van der Waals surface area contributed by atoms with Gasteiger partial charge in [-0.3, -0.25) is 25.8 Å². The average molecular weight is 536 g/mol. The molecular formula is C24H30BrN3O4S. The molecule has 2 aromatic carbocycles. The molecule has 0 bridgehead atoms. The Hall–Kier alpha value is -2.65. The number of amides is 2. The molecule has 7 nitrogen and oxygen atoms in total. The van der Waals surface area contributed by atoms with E-state index in [2.05, 4.69) is 59.8 Å². The maximum atomic E-state index is 12.7. The molecule has 2 amide bonds. The van der Waals surface area contributed by atoms with Gasteiger partial charge >= 0.3 is 0 Å². The van der Waals surface area contributed by atoms with Gasteiger partial charge < -0.3 is 9.47 Å². The molecule has 0 aliphatic carbocycles. The number of hydrogen-bond acceptors (Lipinski definition) is 5. The molecule has 0 saturated heterocycles. The van der Waals surface area contributed by atoms with Crippen molar-refractivity contribution in [3.05, 3.63) is 58.1 Å². The molecule has 2 aromatic rings. The van der Waals surface area contributed by atoms with Crippen molar-refractivity contribution in [1.29, 1.82) is 0 Å². The highest BCUT2D eigenvalue weighted by atomic mass is 79.9. The maximum absolute atomic E-state index is 12.7. The first kappa shape index (κ1) is 26.6. The standard InChI is InChI=1S/C24H30BrN3O4S/c1-15(2)11-12-31-21-10-7-18(25)13-20(21)23(30)26-24(33)28-27-22(29)17-5-8-19(9-6-17)32-14-16(3)4/h5-10,13,15-16H,11-12,14H2,1-4H3,(H,27,29)(H2,26,28,30,33). The molecular weight excluding hydrogens is 506 g/mol. The van der Waals surface area contributed by atoms with E-state index >= 15 is 0 Å². The number of carbonyl (C=O) groups is 2. The van der Waals surface area contributed by atoms with Crippen molar-refractivity contribution in [3.8, 4) is 11.5 Å². The molecule has 2 rings (SSSR count). The monoisotopic (exact) mass is 535 g/mol. The highest BCUT2D eigenvalue weighted by Crippen LogP contribution is 2.24. The minimum absolute atomic E-state index is 0.0432. The van der Waals surface area contributed by atoms with Crippen LogP contribution in [0.1, 0.15) is 54.8 Å². The van der Waals surface area contributed by atoms with E-state index in [4.69, 9.17) is 21.7 Å². The number of nitrogens with one attached hydrogen (secondary N) is 3. The molecule has 0 atom stereocenters. The SMILES string of the molecule is CC(C)CCOc1ccc(Br)cc1C(=O)NC(=S)NNC(=O)c1ccc(OCC(C)C)cc1. The first-order valence-electron chi connectivity index (χ1n) is 10.7. The van der Waals surface area contributed by atoms with Crippen molar-refractivity contribution < 1.29 is 19.1 Å². The van der Waals surface area contributed by atoms with E-state index in [0.717, 1.165) is 10.9 Å². The predicted octanol–water partition coefficient (Wildman–Crippen LogP) is 4.86. The summed E-state index contributed by atoms with van der Waals surface area (Å²) in [5.41, 5.74) is 5.77. The summed E-state index contributed by atoms with van der Waals surface area (Å²) in [5.74, 6) is 1.20. The van der Waals surface area contributed by atoms with Gasteiger partial charge in [-0.15, -0.1) is 0 Å². The molecule has 0 heterocycles. The fourth-order valence-electron chi connectivity index (χ4n) is 2.56. The fourth-order valence-corrected chi connectivity index (χ4v) is 3.07. The topological polar surface area (TPSA) is 88.7 Å². The van der Waals surface area contributed by atoms with Gasteiger partial charge in [-0.05, 0) is 72.9 Å². The van der Waals surface area contributed by atoms with Crippen molar-refractivity contribution in [2.45, 2.75) is 34.1 Å². The second-order valence-electron chi connectivity index (χ2n) is 8.26. The van der Waals surface area contributed by atoms with E-state index in [1.807, 2.05) is 0 Å². The van der Waals surface area contributed by atoms with Gasteiger partial charge in [-0.1, -0.05) is 43.6 Å². The van der Waals surface area contributed by atoms with E-state index in [1.165, 1.54) is 0 Å². The van der Waals surface area contributed by atoms with Gasteiger partial charge in [0.15, 0.2) is 5.11 Å². The number of rotatable bonds is 9. The Morgan fingerprint density at radius 1 is 0.939 bits per heavy atom. The second kappa shape index (κ2) is 13.2. The van der Waals surface area contributed by atoms with Crippen LogP contribution in [-0.2, 0) is 0 Å². The smallest absolute Gasteiger partial charge is 0.269 e. The van der Waals surface area contributed by atoms with Crippen LogP contribution in [0.5, 0.6) is 11.5 Å². The Morgan fingerprint density at radius 2 is 1.64 bits per heavy atom. The third-order valence-electron chi connectivity index (χ3n) is 4.36. The lowest BCUT2D eigenvalue weighted by Crippen LogP contribution is -2.48. The van der Waals surface area contributed by atoms with Gasteiger partial charge in [0, 0.05) is 10.0 Å². The van der Waals surface area contributed by atoms with Crippen molar-refractivity contribution in [3.63, 3.8) is 0 Å². The lowest BCUT2D eigenvalue weighted by molar-refractivity contribution is 0.0933. The first-order valence-corrected chi connectivity index (χ1v) is 11.9. The molecule has 0 radical (unpaired) electrons. The molecule has 0 aromatic heterocycles. The summed E-state index contributed by atoms with van der Waals surface area (Å²) in [6.45, 7) is 9.43. The van der Waals surface area contributed by atoms with Crippen molar-refractivity contribution in [2.24, 2.45) is 11.8 Å². The fraction of sp³-hybridized carbons (Fsp3) is 0.375. The van der Waals surface area contributed by atoms with Crippen LogP contribution in [0.15, 0.2) is 46.9 Å². The molecule has 9 heteroatoms. The summed E-state index contributed by atoms with van der Waals surface area (Å²) in [5, 5.41) is 2.51. The minimum Gasteiger partial charge on any atom is -0.493 e. The number of hydrazine groups is 1. The highest BCUT2D eigenvalue weighted by molar-refractivity contribution is 9.10. The van der Waals surface area contributed by atoms with Gasteiger partial charge in [0.1, 0.15) is 11.5 Å². The molecule has 0 spiro atoms. The molecule has 0 unspecified atom stereocenters. The van der Waals surface area contributed by atoms with Crippen LogP contribution in [0.2, 0.25) is 0 Å². The maximum Gasteiger partial charge on any atom is 0.269 e. The zero-order chi connectivity index (χ0) is 24.4. The number of halogens is 1. The summed E-state index contributed by atoms with van der Waals surface area (Å²) in [6, 6.07) is 11.9. The minimum atomic E-state index is -0.450. The summed E-state index contributed by atoms with van der Waals surface area (Å²) in [6.07, 6.45) is 0.869. The number of hydrogen-bond donors (Lipinski definition) is 3. The van der Waals surface area contributed by atoms with E-state index in [9.17, 15) is 9.59 Å². The Morgan fingerprint density at radius 3 is 2.27 bits per heavy atom. The third-order valence-corrected chi connectivity index (χ3v) is 5.05. The second-order valence-corrected chi connectivity index (χ2v) is 9.59. The number of carbonyl (C=O) groups excluding carboxylic acids is 2. The molecule has 0 aliphatic heterocycles. The van der Waals surface area contributed by atoms with Gasteiger partial charge in [0.25, 0.3) is 11.8 Å². The highest BCUT2D eigenvalue weighted by Gasteiger charge is 2.16. The van der Waals surface area contributed by atoms with E-state index in [-0.39, 0.29) is 5.11 Å². The van der Waals surface area contributed by atoms with Gasteiger partial charge in [0.2, 0.25) is 0 Å². The molecule has 0 aliphatic rings. The number of thiocarbonyl (C=S) groups is 1. The summed E-state index contributed by atoms with van der Waals surface area (Å²) < 4.78 is 12.1. The van der Waals surface area contributed by atoms with Crippen molar-refractivity contribution >= 4 is 45.1 Å². The van der Waals surface area contributed by atoms with Crippen LogP contribution in [0, 0.1) is 11.8 Å². The lowest BCUT2D eigenvalue weighted by atomic mass is 10.1. The van der Waals surface area contributed by atoms with Crippen LogP contribution in [0.25, 0.3) is 0 Å². The Balaban J connectivity index is 1.89. The molecule has 0 fully saturated rings. The largest absolute Gasteiger partial charge is 0.493 e. The average Bonchev–Trinajstić information content (AvgIpc) is 2.77. The lowest BCUT2D eigenvalue weighted by Gasteiger charge is -2.14. The van der Waals surface area contributed by atoms with Crippen molar-refractivity contribution in [2.75, 3.05) is 13.2 Å². The normalized spacial score (nSPS) is 10.6. The Bertz CT molecular complexity index is 965. The van der Waals surface area contributed by atoms with Crippen LogP contribution in [0.3, 0.4) is 0 Å². The summed E-state index contributed by atoms with van der Waals surface area (Å²) in [4.78, 5) is 25.1. The quantitative estimate of drug-likeness (QED) is 0.314. The van der Waals surface area contributed by atoms with Gasteiger partial charge in [0.05, 0.1) is 18.8 Å². The number of benzene rings is 2.